The van der Waals surface area contributed by atoms with E-state index >= 15 is 0 Å². The molecule has 0 saturated carbocycles. The monoisotopic (exact) mass is 405 g/mol. The standard InChI is InChI=1S/C20H18Cl2FN3O/c21-15-8-7-14(17(22)12-15)9-11-26(13-16-4-3-10-24-16)20(27)25-19-6-2-1-5-18(19)23/h1-8,10,12,24H,9,11,13H2,(H,25,27). The second-order valence-corrected chi connectivity index (χ2v) is 6.86. The lowest BCUT2D eigenvalue weighted by atomic mass is 10.1. The number of aromatic nitrogens is 1. The average molecular weight is 406 g/mol. The second kappa shape index (κ2) is 8.93. The number of carbonyl (C=O) groups excluding carboxylic acids is 1. The zero-order valence-corrected chi connectivity index (χ0v) is 15.9. The van der Waals surface area contributed by atoms with E-state index in [9.17, 15) is 9.18 Å². The van der Waals surface area contributed by atoms with E-state index in [0.717, 1.165) is 11.3 Å². The molecule has 0 radical (unpaired) electrons. The van der Waals surface area contributed by atoms with E-state index in [1.165, 1.54) is 12.1 Å². The molecule has 0 fully saturated rings. The van der Waals surface area contributed by atoms with Gasteiger partial charge in [-0.15, -0.1) is 0 Å². The molecule has 2 amide bonds. The van der Waals surface area contributed by atoms with Crippen molar-refractivity contribution in [3.63, 3.8) is 0 Å². The van der Waals surface area contributed by atoms with E-state index in [2.05, 4.69) is 10.3 Å². The number of hydrogen-bond donors (Lipinski definition) is 2. The van der Waals surface area contributed by atoms with Crippen molar-refractivity contribution in [2.24, 2.45) is 0 Å². The Morgan fingerprint density at radius 1 is 1.11 bits per heavy atom. The number of anilines is 1. The van der Waals surface area contributed by atoms with Crippen LogP contribution in [0.15, 0.2) is 60.8 Å². The van der Waals surface area contributed by atoms with Crippen molar-refractivity contribution in [3.8, 4) is 0 Å². The van der Waals surface area contributed by atoms with Crippen molar-refractivity contribution in [1.29, 1.82) is 0 Å². The van der Waals surface area contributed by atoms with Crippen LogP contribution in [0.1, 0.15) is 11.3 Å². The third kappa shape index (κ3) is 5.25. The van der Waals surface area contributed by atoms with E-state index < -0.39 is 5.82 Å². The predicted molar refractivity (Wildman–Crippen MR) is 107 cm³/mol. The summed E-state index contributed by atoms with van der Waals surface area (Å²) in [6.45, 7) is 0.763. The number of rotatable bonds is 6. The lowest BCUT2D eigenvalue weighted by Gasteiger charge is -2.23. The van der Waals surface area contributed by atoms with Crippen LogP contribution in [0.4, 0.5) is 14.9 Å². The van der Waals surface area contributed by atoms with Gasteiger partial charge in [0, 0.05) is 28.5 Å². The quantitative estimate of drug-likeness (QED) is 0.539. The van der Waals surface area contributed by atoms with Crippen molar-refractivity contribution in [1.82, 2.24) is 9.88 Å². The molecule has 0 spiro atoms. The van der Waals surface area contributed by atoms with Gasteiger partial charge in [-0.3, -0.25) is 0 Å². The van der Waals surface area contributed by atoms with Gasteiger partial charge in [-0.1, -0.05) is 41.4 Å². The fraction of sp³-hybridized carbons (Fsp3) is 0.150. The van der Waals surface area contributed by atoms with E-state index in [4.69, 9.17) is 23.2 Å². The van der Waals surface area contributed by atoms with Gasteiger partial charge in [-0.2, -0.15) is 0 Å². The van der Waals surface area contributed by atoms with Crippen LogP contribution in [0, 0.1) is 5.82 Å². The molecule has 0 aliphatic rings. The van der Waals surface area contributed by atoms with Crippen molar-refractivity contribution in [3.05, 3.63) is 87.9 Å². The Kier molecular flexibility index (Phi) is 6.37. The molecule has 7 heteroatoms. The zero-order valence-electron chi connectivity index (χ0n) is 14.4. The molecule has 140 valence electrons. The van der Waals surface area contributed by atoms with Crippen LogP contribution in [0.25, 0.3) is 0 Å². The first-order valence-electron chi connectivity index (χ1n) is 8.39. The number of carbonyl (C=O) groups is 1. The number of amides is 2. The molecule has 0 unspecified atom stereocenters. The van der Waals surface area contributed by atoms with Crippen LogP contribution in [0.3, 0.4) is 0 Å². The summed E-state index contributed by atoms with van der Waals surface area (Å²) >= 11 is 12.2. The number of halogens is 3. The zero-order chi connectivity index (χ0) is 19.2. The maximum atomic E-state index is 13.9. The number of nitrogens with zero attached hydrogens (tertiary/aromatic N) is 1. The van der Waals surface area contributed by atoms with E-state index in [1.807, 2.05) is 18.2 Å². The molecular weight excluding hydrogens is 388 g/mol. The maximum absolute atomic E-state index is 13.9. The average Bonchev–Trinajstić information content (AvgIpc) is 3.15. The Bertz CT molecular complexity index is 915. The molecule has 0 saturated heterocycles. The fourth-order valence-corrected chi connectivity index (χ4v) is 3.16. The first-order valence-corrected chi connectivity index (χ1v) is 9.15. The molecular formula is C20H18Cl2FN3O. The molecule has 0 atom stereocenters. The number of para-hydroxylation sites is 1. The summed E-state index contributed by atoms with van der Waals surface area (Å²) in [4.78, 5) is 17.4. The highest BCUT2D eigenvalue weighted by Crippen LogP contribution is 2.22. The Labute approximate surface area is 166 Å². The first-order chi connectivity index (χ1) is 13.0. The summed E-state index contributed by atoms with van der Waals surface area (Å²) in [5.41, 5.74) is 1.90. The van der Waals surface area contributed by atoms with Crippen LogP contribution in [-0.2, 0) is 13.0 Å². The van der Waals surface area contributed by atoms with Crippen molar-refractivity contribution in [2.45, 2.75) is 13.0 Å². The molecule has 27 heavy (non-hydrogen) atoms. The summed E-state index contributed by atoms with van der Waals surface area (Å²) in [7, 11) is 0. The highest BCUT2D eigenvalue weighted by Gasteiger charge is 2.17. The van der Waals surface area contributed by atoms with E-state index in [-0.39, 0.29) is 11.7 Å². The number of benzene rings is 2. The summed E-state index contributed by atoms with van der Waals surface area (Å²) < 4.78 is 13.9. The van der Waals surface area contributed by atoms with E-state index in [1.54, 1.807) is 35.4 Å². The third-order valence-corrected chi connectivity index (χ3v) is 4.68. The summed E-state index contributed by atoms with van der Waals surface area (Å²) in [6.07, 6.45) is 2.33. The van der Waals surface area contributed by atoms with Crippen LogP contribution < -0.4 is 5.32 Å². The van der Waals surface area contributed by atoms with Crippen molar-refractivity contribution >= 4 is 34.9 Å². The molecule has 0 bridgehead atoms. The van der Waals surface area contributed by atoms with E-state index in [0.29, 0.717) is 29.6 Å². The lowest BCUT2D eigenvalue weighted by molar-refractivity contribution is 0.209. The molecule has 4 nitrogen and oxygen atoms in total. The highest BCUT2D eigenvalue weighted by atomic mass is 35.5. The molecule has 1 heterocycles. The first kappa shape index (κ1) is 19.3. The largest absolute Gasteiger partial charge is 0.364 e. The molecule has 3 rings (SSSR count). The topological polar surface area (TPSA) is 48.1 Å². The molecule has 1 aromatic heterocycles. The predicted octanol–water partition coefficient (Wildman–Crippen LogP) is 5.74. The number of hydrogen-bond acceptors (Lipinski definition) is 1. The third-order valence-electron chi connectivity index (χ3n) is 4.09. The van der Waals surface area contributed by atoms with Crippen molar-refractivity contribution in [2.75, 3.05) is 11.9 Å². The van der Waals surface area contributed by atoms with Crippen LogP contribution in [0.5, 0.6) is 0 Å². The van der Waals surface area contributed by atoms with Crippen LogP contribution >= 0.6 is 23.2 Å². The smallest absolute Gasteiger partial charge is 0.322 e. The molecule has 2 aromatic carbocycles. The molecule has 0 aliphatic heterocycles. The Hall–Kier alpha value is -2.50. The molecule has 2 N–H and O–H groups in total. The fourth-order valence-electron chi connectivity index (χ4n) is 2.66. The second-order valence-electron chi connectivity index (χ2n) is 6.01. The highest BCUT2D eigenvalue weighted by molar-refractivity contribution is 6.35. The minimum absolute atomic E-state index is 0.142. The van der Waals surface area contributed by atoms with Gasteiger partial charge < -0.3 is 15.2 Å². The molecule has 3 aromatic rings. The van der Waals surface area contributed by atoms with Gasteiger partial charge in [-0.25, -0.2) is 9.18 Å². The van der Waals surface area contributed by atoms with Gasteiger partial charge in [0.15, 0.2) is 0 Å². The van der Waals surface area contributed by atoms with Crippen LogP contribution in [0.2, 0.25) is 10.0 Å². The minimum Gasteiger partial charge on any atom is -0.364 e. The van der Waals surface area contributed by atoms with Gasteiger partial charge >= 0.3 is 6.03 Å². The summed E-state index contributed by atoms with van der Waals surface area (Å²) in [5, 5.41) is 3.74. The SMILES string of the molecule is O=C(Nc1ccccc1F)N(CCc1ccc(Cl)cc1Cl)Cc1ccc[nH]1. The normalized spacial score (nSPS) is 10.6. The number of aromatic amines is 1. The van der Waals surface area contributed by atoms with Gasteiger partial charge in [0.2, 0.25) is 0 Å². The van der Waals surface area contributed by atoms with Gasteiger partial charge in [0.1, 0.15) is 5.82 Å². The maximum Gasteiger partial charge on any atom is 0.322 e. The van der Waals surface area contributed by atoms with Gasteiger partial charge in [0.25, 0.3) is 0 Å². The summed E-state index contributed by atoms with van der Waals surface area (Å²) in [6, 6.07) is 14.7. The Morgan fingerprint density at radius 2 is 1.93 bits per heavy atom. The summed E-state index contributed by atoms with van der Waals surface area (Å²) in [5.74, 6) is -0.480. The van der Waals surface area contributed by atoms with Crippen molar-refractivity contribution < 1.29 is 9.18 Å². The molecule has 0 aliphatic carbocycles. The van der Waals surface area contributed by atoms with Gasteiger partial charge in [-0.05, 0) is 48.4 Å². The minimum atomic E-state index is -0.480. The Morgan fingerprint density at radius 3 is 2.63 bits per heavy atom. The lowest BCUT2D eigenvalue weighted by Crippen LogP contribution is -2.36. The number of H-pyrrole nitrogens is 1. The number of nitrogens with one attached hydrogen (secondary N) is 2. The van der Waals surface area contributed by atoms with Crippen LogP contribution in [-0.4, -0.2) is 22.5 Å². The van der Waals surface area contributed by atoms with Gasteiger partial charge in [0.05, 0.1) is 12.2 Å². The number of urea groups is 1. The Balaban J connectivity index is 1.73.